The highest BCUT2D eigenvalue weighted by atomic mass is 16.2. The molecule has 0 aromatic rings. The maximum atomic E-state index is 12.4. The fourth-order valence-electron chi connectivity index (χ4n) is 3.11. The molecule has 2 fully saturated rings. The number of hydrogen-bond acceptors (Lipinski definition) is 2. The van der Waals surface area contributed by atoms with Crippen LogP contribution in [0, 0.1) is 5.92 Å². The van der Waals surface area contributed by atoms with Crippen molar-refractivity contribution in [1.82, 2.24) is 10.2 Å². The number of nitrogens with zero attached hydrogens (tertiary/aromatic N) is 1. The largest absolute Gasteiger partial charge is 0.341 e. The summed E-state index contributed by atoms with van der Waals surface area (Å²) in [6.07, 6.45) is 7.52. The van der Waals surface area contributed by atoms with Crippen LogP contribution in [0.2, 0.25) is 0 Å². The van der Waals surface area contributed by atoms with Crippen LogP contribution in [0.4, 0.5) is 0 Å². The Labute approximate surface area is 111 Å². The minimum absolute atomic E-state index is 0.0429. The topological polar surface area (TPSA) is 32.3 Å². The molecule has 2 rings (SSSR count). The number of amides is 1. The lowest BCUT2D eigenvalue weighted by atomic mass is 9.97. The standard InChI is InChI=1S/C15H28N2O/c1-12(16-15(2,3)13-8-9-13)14(18)17-10-6-4-5-7-11-17/h12-13,16H,4-11H2,1-3H3. The van der Waals surface area contributed by atoms with E-state index in [1.807, 2.05) is 6.92 Å². The van der Waals surface area contributed by atoms with Gasteiger partial charge in [-0.25, -0.2) is 0 Å². The molecule has 1 saturated carbocycles. The molecule has 2 aliphatic rings. The second-order valence-corrected chi connectivity index (χ2v) is 6.60. The van der Waals surface area contributed by atoms with E-state index in [-0.39, 0.29) is 11.6 Å². The average Bonchev–Trinajstić information content (AvgIpc) is 3.14. The number of likely N-dealkylation sites (tertiary alicyclic amines) is 1. The molecule has 104 valence electrons. The quantitative estimate of drug-likeness (QED) is 0.834. The first-order chi connectivity index (χ1) is 8.50. The number of carbonyl (C=O) groups excluding carboxylic acids is 1. The van der Waals surface area contributed by atoms with E-state index in [2.05, 4.69) is 24.1 Å². The van der Waals surface area contributed by atoms with Gasteiger partial charge in [0.15, 0.2) is 0 Å². The molecule has 0 spiro atoms. The second-order valence-electron chi connectivity index (χ2n) is 6.60. The SMILES string of the molecule is CC(NC(C)(C)C1CC1)C(=O)N1CCCCCC1. The van der Waals surface area contributed by atoms with Crippen molar-refractivity contribution in [2.45, 2.75) is 70.9 Å². The van der Waals surface area contributed by atoms with Crippen LogP contribution in [0.5, 0.6) is 0 Å². The van der Waals surface area contributed by atoms with Crippen LogP contribution in [0.15, 0.2) is 0 Å². The molecule has 0 radical (unpaired) electrons. The zero-order valence-electron chi connectivity index (χ0n) is 12.2. The van der Waals surface area contributed by atoms with Crippen LogP contribution in [0.1, 0.15) is 59.3 Å². The molecule has 1 unspecified atom stereocenters. The first-order valence-electron chi connectivity index (χ1n) is 7.57. The van der Waals surface area contributed by atoms with Gasteiger partial charge >= 0.3 is 0 Å². The van der Waals surface area contributed by atoms with Crippen molar-refractivity contribution >= 4 is 5.91 Å². The molecule has 1 saturated heterocycles. The molecule has 0 aromatic heterocycles. The molecule has 1 heterocycles. The van der Waals surface area contributed by atoms with Crippen LogP contribution in [-0.2, 0) is 4.79 Å². The van der Waals surface area contributed by atoms with Crippen molar-refractivity contribution in [3.8, 4) is 0 Å². The summed E-state index contributed by atoms with van der Waals surface area (Å²) in [5.74, 6) is 1.06. The van der Waals surface area contributed by atoms with E-state index >= 15 is 0 Å². The average molecular weight is 252 g/mol. The Balaban J connectivity index is 1.86. The van der Waals surface area contributed by atoms with E-state index in [1.165, 1.54) is 38.5 Å². The van der Waals surface area contributed by atoms with E-state index in [0.29, 0.717) is 5.91 Å². The monoisotopic (exact) mass is 252 g/mol. The van der Waals surface area contributed by atoms with Crippen LogP contribution >= 0.6 is 0 Å². The van der Waals surface area contributed by atoms with Gasteiger partial charge in [0.1, 0.15) is 0 Å². The molecular formula is C15H28N2O. The number of nitrogens with one attached hydrogen (secondary N) is 1. The second kappa shape index (κ2) is 5.60. The summed E-state index contributed by atoms with van der Waals surface area (Å²) < 4.78 is 0. The van der Waals surface area contributed by atoms with Crippen molar-refractivity contribution in [1.29, 1.82) is 0 Å². The van der Waals surface area contributed by atoms with Crippen molar-refractivity contribution in [3.63, 3.8) is 0 Å². The van der Waals surface area contributed by atoms with Crippen LogP contribution < -0.4 is 5.32 Å². The predicted molar refractivity (Wildman–Crippen MR) is 74.4 cm³/mol. The van der Waals surface area contributed by atoms with Gasteiger partial charge in [-0.1, -0.05) is 12.8 Å². The summed E-state index contributed by atoms with van der Waals surface area (Å²) in [7, 11) is 0. The summed E-state index contributed by atoms with van der Waals surface area (Å²) >= 11 is 0. The third kappa shape index (κ3) is 3.47. The third-order valence-electron chi connectivity index (χ3n) is 4.47. The van der Waals surface area contributed by atoms with Gasteiger partial charge in [0.05, 0.1) is 6.04 Å². The van der Waals surface area contributed by atoms with Gasteiger partial charge in [-0.15, -0.1) is 0 Å². The van der Waals surface area contributed by atoms with E-state index in [1.54, 1.807) is 0 Å². The highest BCUT2D eigenvalue weighted by Crippen LogP contribution is 2.39. The Morgan fingerprint density at radius 1 is 1.17 bits per heavy atom. The van der Waals surface area contributed by atoms with Crippen molar-refractivity contribution < 1.29 is 4.79 Å². The van der Waals surface area contributed by atoms with E-state index in [4.69, 9.17) is 0 Å². The summed E-state index contributed by atoms with van der Waals surface area (Å²) in [6, 6.07) is -0.0429. The molecule has 0 aromatic carbocycles. The van der Waals surface area contributed by atoms with Gasteiger partial charge in [0.2, 0.25) is 5.91 Å². The molecule has 1 atom stereocenters. The van der Waals surface area contributed by atoms with Crippen molar-refractivity contribution in [2.24, 2.45) is 5.92 Å². The summed E-state index contributed by atoms with van der Waals surface area (Å²) in [5.41, 5.74) is 0.112. The fraction of sp³-hybridized carbons (Fsp3) is 0.933. The fourth-order valence-corrected chi connectivity index (χ4v) is 3.11. The molecule has 18 heavy (non-hydrogen) atoms. The Morgan fingerprint density at radius 2 is 1.72 bits per heavy atom. The predicted octanol–water partition coefficient (Wildman–Crippen LogP) is 2.56. The minimum Gasteiger partial charge on any atom is -0.341 e. The highest BCUT2D eigenvalue weighted by molar-refractivity contribution is 5.81. The Hall–Kier alpha value is -0.570. The van der Waals surface area contributed by atoms with E-state index in [0.717, 1.165) is 19.0 Å². The first-order valence-corrected chi connectivity index (χ1v) is 7.57. The summed E-state index contributed by atoms with van der Waals surface area (Å²) in [6.45, 7) is 8.40. The van der Waals surface area contributed by atoms with Crippen LogP contribution in [0.25, 0.3) is 0 Å². The molecule has 1 aliphatic carbocycles. The Bertz CT molecular complexity index is 289. The molecule has 3 heteroatoms. The lowest BCUT2D eigenvalue weighted by Crippen LogP contribution is -2.53. The number of rotatable bonds is 4. The normalized spacial score (nSPS) is 23.6. The van der Waals surface area contributed by atoms with Gasteiger partial charge in [0, 0.05) is 18.6 Å². The van der Waals surface area contributed by atoms with Crippen LogP contribution in [-0.4, -0.2) is 35.5 Å². The zero-order valence-corrected chi connectivity index (χ0v) is 12.2. The maximum absolute atomic E-state index is 12.4. The zero-order chi connectivity index (χ0) is 13.2. The lowest BCUT2D eigenvalue weighted by molar-refractivity contribution is -0.133. The molecule has 1 aliphatic heterocycles. The van der Waals surface area contributed by atoms with Gasteiger partial charge in [-0.05, 0) is 52.4 Å². The molecule has 1 N–H and O–H groups in total. The minimum atomic E-state index is -0.0429. The number of carbonyl (C=O) groups is 1. The summed E-state index contributed by atoms with van der Waals surface area (Å²) in [4.78, 5) is 14.5. The first kappa shape index (κ1) is 13.9. The molecular weight excluding hydrogens is 224 g/mol. The van der Waals surface area contributed by atoms with Gasteiger partial charge in [0.25, 0.3) is 0 Å². The highest BCUT2D eigenvalue weighted by Gasteiger charge is 2.39. The van der Waals surface area contributed by atoms with Gasteiger partial charge in [-0.3, -0.25) is 4.79 Å². The van der Waals surface area contributed by atoms with Crippen LogP contribution in [0.3, 0.4) is 0 Å². The third-order valence-corrected chi connectivity index (χ3v) is 4.47. The van der Waals surface area contributed by atoms with E-state index in [9.17, 15) is 4.79 Å². The van der Waals surface area contributed by atoms with Gasteiger partial charge < -0.3 is 10.2 Å². The van der Waals surface area contributed by atoms with E-state index < -0.39 is 0 Å². The smallest absolute Gasteiger partial charge is 0.239 e. The van der Waals surface area contributed by atoms with Crippen molar-refractivity contribution in [2.75, 3.05) is 13.1 Å². The number of hydrogen-bond donors (Lipinski definition) is 1. The summed E-state index contributed by atoms with van der Waals surface area (Å²) in [5, 5.41) is 3.54. The van der Waals surface area contributed by atoms with Crippen molar-refractivity contribution in [3.05, 3.63) is 0 Å². The van der Waals surface area contributed by atoms with Gasteiger partial charge in [-0.2, -0.15) is 0 Å². The molecule has 3 nitrogen and oxygen atoms in total. The molecule has 0 bridgehead atoms. The molecule has 1 amide bonds. The Kier molecular flexibility index (Phi) is 4.31. The maximum Gasteiger partial charge on any atom is 0.239 e. The Morgan fingerprint density at radius 3 is 2.22 bits per heavy atom. The lowest BCUT2D eigenvalue weighted by Gasteiger charge is -2.32.